The number of amides is 2. The Hall–Kier alpha value is -1.10. The molecule has 4 N–H and O–H groups in total. The van der Waals surface area contributed by atoms with Crippen LogP contribution in [-0.2, 0) is 9.59 Å². The molecule has 5 nitrogen and oxygen atoms in total. The highest BCUT2D eigenvalue weighted by Crippen LogP contribution is 1.95. The van der Waals surface area contributed by atoms with Crippen molar-refractivity contribution < 1.29 is 9.59 Å². The van der Waals surface area contributed by atoms with Gasteiger partial charge in [0.1, 0.15) is 0 Å². The molecular formula is C7H15N3O2. The number of rotatable bonds is 5. The van der Waals surface area contributed by atoms with E-state index >= 15 is 0 Å². The minimum atomic E-state index is -0.454. The summed E-state index contributed by atoms with van der Waals surface area (Å²) in [6.07, 6.45) is 0. The highest BCUT2D eigenvalue weighted by molar-refractivity contribution is 5.79. The van der Waals surface area contributed by atoms with Gasteiger partial charge in [0, 0.05) is 6.04 Å². The van der Waals surface area contributed by atoms with Crippen LogP contribution in [0.1, 0.15) is 13.8 Å². The second-order valence-electron chi connectivity index (χ2n) is 2.93. The Kier molecular flexibility index (Phi) is 4.28. The van der Waals surface area contributed by atoms with Gasteiger partial charge >= 0.3 is 0 Å². The molecular weight excluding hydrogens is 158 g/mol. The zero-order valence-electron chi connectivity index (χ0n) is 7.41. The SMILES string of the molecule is CC(C)N(CC(N)=O)CC(N)=O. The molecule has 0 aromatic heterocycles. The number of hydrogen-bond acceptors (Lipinski definition) is 3. The van der Waals surface area contributed by atoms with Crippen molar-refractivity contribution in [1.29, 1.82) is 0 Å². The first kappa shape index (κ1) is 10.9. The van der Waals surface area contributed by atoms with Crippen LogP contribution in [0.5, 0.6) is 0 Å². The lowest BCUT2D eigenvalue weighted by Gasteiger charge is -2.22. The van der Waals surface area contributed by atoms with Crippen LogP contribution in [0.2, 0.25) is 0 Å². The summed E-state index contributed by atoms with van der Waals surface area (Å²) in [5.74, 6) is -0.907. The van der Waals surface area contributed by atoms with Gasteiger partial charge < -0.3 is 11.5 Å². The van der Waals surface area contributed by atoms with Crippen LogP contribution in [0.25, 0.3) is 0 Å². The molecule has 0 spiro atoms. The summed E-state index contributed by atoms with van der Waals surface area (Å²) in [7, 11) is 0. The van der Waals surface area contributed by atoms with E-state index in [1.54, 1.807) is 4.90 Å². The molecule has 0 bridgehead atoms. The van der Waals surface area contributed by atoms with Crippen LogP contribution < -0.4 is 11.5 Å². The second-order valence-corrected chi connectivity index (χ2v) is 2.93. The lowest BCUT2D eigenvalue weighted by atomic mass is 10.3. The van der Waals surface area contributed by atoms with Crippen LogP contribution in [0, 0.1) is 0 Å². The van der Waals surface area contributed by atoms with E-state index in [4.69, 9.17) is 11.5 Å². The Balaban J connectivity index is 4.04. The maximum atomic E-state index is 10.5. The molecule has 0 aliphatic rings. The average Bonchev–Trinajstić information content (AvgIpc) is 1.83. The monoisotopic (exact) mass is 173 g/mol. The predicted octanol–water partition coefficient (Wildman–Crippen LogP) is -1.33. The zero-order chi connectivity index (χ0) is 9.72. The van der Waals surface area contributed by atoms with Crippen molar-refractivity contribution in [3.05, 3.63) is 0 Å². The zero-order valence-corrected chi connectivity index (χ0v) is 7.41. The second kappa shape index (κ2) is 4.71. The van der Waals surface area contributed by atoms with Crippen LogP contribution in [-0.4, -0.2) is 35.8 Å². The molecule has 0 rings (SSSR count). The van der Waals surface area contributed by atoms with Gasteiger partial charge in [-0.3, -0.25) is 14.5 Å². The Morgan fingerprint density at radius 3 is 1.67 bits per heavy atom. The van der Waals surface area contributed by atoms with E-state index in [1.807, 2.05) is 13.8 Å². The predicted molar refractivity (Wildman–Crippen MR) is 45.1 cm³/mol. The standard InChI is InChI=1S/C7H15N3O2/c1-5(2)10(3-6(8)11)4-7(9)12/h5H,3-4H2,1-2H3,(H2,8,11)(H2,9,12). The number of nitrogens with zero attached hydrogens (tertiary/aromatic N) is 1. The minimum Gasteiger partial charge on any atom is -0.369 e. The van der Waals surface area contributed by atoms with Crippen molar-refractivity contribution in [1.82, 2.24) is 4.90 Å². The van der Waals surface area contributed by atoms with Gasteiger partial charge in [0.2, 0.25) is 11.8 Å². The number of carbonyl (C=O) groups is 2. The summed E-state index contributed by atoms with van der Waals surface area (Å²) in [6.45, 7) is 3.87. The number of carbonyl (C=O) groups excluding carboxylic acids is 2. The van der Waals surface area contributed by atoms with E-state index in [1.165, 1.54) is 0 Å². The summed E-state index contributed by atoms with van der Waals surface area (Å²) in [6, 6.07) is 0.0880. The normalized spacial score (nSPS) is 10.7. The molecule has 0 aromatic carbocycles. The van der Waals surface area contributed by atoms with E-state index in [2.05, 4.69) is 0 Å². The molecule has 0 unspecified atom stereocenters. The molecule has 0 saturated heterocycles. The van der Waals surface area contributed by atoms with Gasteiger partial charge in [0.05, 0.1) is 13.1 Å². The summed E-state index contributed by atoms with van der Waals surface area (Å²) in [5.41, 5.74) is 9.95. The molecule has 0 fully saturated rings. The Labute approximate surface area is 71.7 Å². The van der Waals surface area contributed by atoms with Gasteiger partial charge in [-0.15, -0.1) is 0 Å². The van der Waals surface area contributed by atoms with Crippen LogP contribution in [0.3, 0.4) is 0 Å². The molecule has 0 aromatic rings. The first-order chi connectivity index (χ1) is 5.43. The molecule has 2 amide bonds. The largest absolute Gasteiger partial charge is 0.369 e. The van der Waals surface area contributed by atoms with E-state index in [0.29, 0.717) is 0 Å². The summed E-state index contributed by atoms with van der Waals surface area (Å²) in [4.78, 5) is 22.7. The lowest BCUT2D eigenvalue weighted by Crippen LogP contribution is -2.43. The fourth-order valence-corrected chi connectivity index (χ4v) is 0.821. The van der Waals surface area contributed by atoms with Gasteiger partial charge in [-0.25, -0.2) is 0 Å². The molecule has 0 saturated carbocycles. The van der Waals surface area contributed by atoms with Gasteiger partial charge in [0.25, 0.3) is 0 Å². The van der Waals surface area contributed by atoms with Crippen LogP contribution in [0.4, 0.5) is 0 Å². The van der Waals surface area contributed by atoms with Crippen molar-refractivity contribution in [3.8, 4) is 0 Å². The summed E-state index contributed by atoms with van der Waals surface area (Å²) in [5, 5.41) is 0. The van der Waals surface area contributed by atoms with Crippen molar-refractivity contribution in [3.63, 3.8) is 0 Å². The Morgan fingerprint density at radius 1 is 1.17 bits per heavy atom. The molecule has 70 valence electrons. The Morgan fingerprint density at radius 2 is 1.50 bits per heavy atom. The first-order valence-electron chi connectivity index (χ1n) is 3.74. The quantitative estimate of drug-likeness (QED) is 0.539. The maximum absolute atomic E-state index is 10.5. The Bertz CT molecular complexity index is 163. The van der Waals surface area contributed by atoms with Gasteiger partial charge in [-0.2, -0.15) is 0 Å². The van der Waals surface area contributed by atoms with Crippen LogP contribution >= 0.6 is 0 Å². The van der Waals surface area contributed by atoms with Crippen molar-refractivity contribution in [2.75, 3.05) is 13.1 Å². The fraction of sp³-hybridized carbons (Fsp3) is 0.714. The van der Waals surface area contributed by atoms with Crippen LogP contribution in [0.15, 0.2) is 0 Å². The minimum absolute atomic E-state index is 0.0700. The highest BCUT2D eigenvalue weighted by Gasteiger charge is 2.13. The third kappa shape index (κ3) is 4.68. The van der Waals surface area contributed by atoms with Gasteiger partial charge in [0.15, 0.2) is 0 Å². The topological polar surface area (TPSA) is 89.4 Å². The van der Waals surface area contributed by atoms with Gasteiger partial charge in [-0.1, -0.05) is 0 Å². The molecule has 0 aliphatic heterocycles. The lowest BCUT2D eigenvalue weighted by molar-refractivity contribution is -0.122. The molecule has 12 heavy (non-hydrogen) atoms. The van der Waals surface area contributed by atoms with E-state index < -0.39 is 11.8 Å². The third-order valence-electron chi connectivity index (χ3n) is 1.45. The summed E-state index contributed by atoms with van der Waals surface area (Å²) >= 11 is 0. The molecule has 5 heteroatoms. The van der Waals surface area contributed by atoms with Crippen molar-refractivity contribution in [2.45, 2.75) is 19.9 Å². The molecule has 0 radical (unpaired) electrons. The van der Waals surface area contributed by atoms with E-state index in [-0.39, 0.29) is 19.1 Å². The third-order valence-corrected chi connectivity index (χ3v) is 1.45. The molecule has 0 heterocycles. The maximum Gasteiger partial charge on any atom is 0.231 e. The fourth-order valence-electron chi connectivity index (χ4n) is 0.821. The summed E-state index contributed by atoms with van der Waals surface area (Å²) < 4.78 is 0. The van der Waals surface area contributed by atoms with E-state index in [9.17, 15) is 9.59 Å². The smallest absolute Gasteiger partial charge is 0.231 e. The van der Waals surface area contributed by atoms with Crippen molar-refractivity contribution in [2.24, 2.45) is 11.5 Å². The number of primary amides is 2. The molecule has 0 aliphatic carbocycles. The number of nitrogens with two attached hydrogens (primary N) is 2. The first-order valence-corrected chi connectivity index (χ1v) is 3.74. The van der Waals surface area contributed by atoms with Crippen molar-refractivity contribution >= 4 is 11.8 Å². The number of hydrogen-bond donors (Lipinski definition) is 2. The highest BCUT2D eigenvalue weighted by atomic mass is 16.2. The van der Waals surface area contributed by atoms with Gasteiger partial charge in [-0.05, 0) is 13.8 Å². The van der Waals surface area contributed by atoms with E-state index in [0.717, 1.165) is 0 Å². The average molecular weight is 173 g/mol. The molecule has 0 atom stereocenters.